The first-order valence-electron chi connectivity index (χ1n) is 6.80. The number of carbonyl (C=O) groups excluding carboxylic acids is 1. The van der Waals surface area contributed by atoms with Gasteiger partial charge in [-0.05, 0) is 37.1 Å². The predicted molar refractivity (Wildman–Crippen MR) is 79.3 cm³/mol. The molecule has 2 aliphatic rings. The number of thioether (sulfide) groups is 1. The van der Waals surface area contributed by atoms with Gasteiger partial charge in [-0.3, -0.25) is 9.59 Å². The van der Waals surface area contributed by atoms with Crippen LogP contribution in [0, 0.1) is 0 Å². The van der Waals surface area contributed by atoms with E-state index in [1.54, 1.807) is 16.7 Å². The minimum Gasteiger partial charge on any atom is -0.481 e. The number of aliphatic carboxylic acids is 1. The molecule has 2 heterocycles. The molecule has 20 heavy (non-hydrogen) atoms. The third-order valence-electron chi connectivity index (χ3n) is 4.18. The van der Waals surface area contributed by atoms with Gasteiger partial charge in [-0.15, -0.1) is 11.8 Å². The molecule has 1 N–H and O–H groups in total. The molecule has 106 valence electrons. The number of benzene rings is 1. The van der Waals surface area contributed by atoms with Gasteiger partial charge >= 0.3 is 5.97 Å². The van der Waals surface area contributed by atoms with Crippen LogP contribution in [0.3, 0.4) is 0 Å². The molecule has 3 rings (SSSR count). The zero-order valence-electron chi connectivity index (χ0n) is 11.3. The van der Waals surface area contributed by atoms with Gasteiger partial charge in [-0.25, -0.2) is 0 Å². The second kappa shape index (κ2) is 4.81. The number of rotatable bonds is 2. The predicted octanol–water partition coefficient (Wildman–Crippen LogP) is 2.49. The quantitative estimate of drug-likeness (QED) is 0.909. The van der Waals surface area contributed by atoms with Crippen LogP contribution < -0.4 is 4.90 Å². The number of carbonyl (C=O) groups is 2. The van der Waals surface area contributed by atoms with Crippen LogP contribution in [0.25, 0.3) is 0 Å². The van der Waals surface area contributed by atoms with E-state index in [1.807, 2.05) is 31.2 Å². The molecular formula is C15H17NO3S. The Bertz CT molecular complexity index is 566. The molecule has 2 aliphatic heterocycles. The summed E-state index contributed by atoms with van der Waals surface area (Å²) in [5.41, 5.74) is 1.51. The standard InChI is InChI=1S/C15H17NO3S/c1-15(7-4-8-20-15)14(19)16-9-11(13(17)18)10-5-2-3-6-12(10)16/h2-3,5-6,11H,4,7-9H2,1H3,(H,17,18). The minimum absolute atomic E-state index is 0.0520. The van der Waals surface area contributed by atoms with Crippen molar-refractivity contribution in [3.05, 3.63) is 29.8 Å². The summed E-state index contributed by atoms with van der Waals surface area (Å²) in [6.45, 7) is 2.23. The van der Waals surface area contributed by atoms with E-state index in [0.717, 1.165) is 29.8 Å². The van der Waals surface area contributed by atoms with E-state index in [1.165, 1.54) is 0 Å². The molecule has 2 atom stereocenters. The first kappa shape index (κ1) is 13.5. The average Bonchev–Trinajstić information content (AvgIpc) is 3.03. The van der Waals surface area contributed by atoms with E-state index in [4.69, 9.17) is 0 Å². The summed E-state index contributed by atoms with van der Waals surface area (Å²) in [5, 5.41) is 9.35. The summed E-state index contributed by atoms with van der Waals surface area (Å²) in [7, 11) is 0. The van der Waals surface area contributed by atoms with Gasteiger partial charge in [0.15, 0.2) is 0 Å². The van der Waals surface area contributed by atoms with Gasteiger partial charge in [0, 0.05) is 12.2 Å². The van der Waals surface area contributed by atoms with Crippen molar-refractivity contribution in [3.8, 4) is 0 Å². The highest BCUT2D eigenvalue weighted by Gasteiger charge is 2.45. The first-order valence-corrected chi connectivity index (χ1v) is 7.79. The largest absolute Gasteiger partial charge is 0.481 e. The number of hydrogen-bond acceptors (Lipinski definition) is 3. The maximum absolute atomic E-state index is 12.8. The normalized spacial score (nSPS) is 28.4. The van der Waals surface area contributed by atoms with Crippen molar-refractivity contribution in [2.75, 3.05) is 17.2 Å². The lowest BCUT2D eigenvalue weighted by Crippen LogP contribution is -2.43. The molecule has 1 fully saturated rings. The van der Waals surface area contributed by atoms with E-state index in [0.29, 0.717) is 0 Å². The fraction of sp³-hybridized carbons (Fsp3) is 0.467. The van der Waals surface area contributed by atoms with E-state index in [9.17, 15) is 14.7 Å². The summed E-state index contributed by atoms with van der Waals surface area (Å²) < 4.78 is -0.402. The van der Waals surface area contributed by atoms with Crippen LogP contribution in [0.2, 0.25) is 0 Å². The lowest BCUT2D eigenvalue weighted by Gasteiger charge is -2.28. The molecule has 0 radical (unpaired) electrons. The number of fused-ring (bicyclic) bond motifs is 1. The summed E-state index contributed by atoms with van der Waals surface area (Å²) in [6, 6.07) is 7.34. The van der Waals surface area contributed by atoms with Crippen LogP contribution in [0.4, 0.5) is 5.69 Å². The van der Waals surface area contributed by atoms with E-state index < -0.39 is 16.6 Å². The molecular weight excluding hydrogens is 274 g/mol. The van der Waals surface area contributed by atoms with Gasteiger partial charge in [-0.2, -0.15) is 0 Å². The molecule has 0 saturated carbocycles. The number of amides is 1. The van der Waals surface area contributed by atoms with Crippen molar-refractivity contribution in [1.29, 1.82) is 0 Å². The Balaban J connectivity index is 1.96. The molecule has 4 nitrogen and oxygen atoms in total. The van der Waals surface area contributed by atoms with Crippen molar-refractivity contribution < 1.29 is 14.7 Å². The monoisotopic (exact) mass is 291 g/mol. The highest BCUT2D eigenvalue weighted by atomic mass is 32.2. The van der Waals surface area contributed by atoms with Crippen molar-refractivity contribution in [1.82, 2.24) is 0 Å². The molecule has 0 spiro atoms. The van der Waals surface area contributed by atoms with Crippen LogP contribution >= 0.6 is 11.8 Å². The van der Waals surface area contributed by atoms with Crippen molar-refractivity contribution in [2.24, 2.45) is 0 Å². The Morgan fingerprint density at radius 1 is 1.40 bits per heavy atom. The number of carboxylic acids is 1. The summed E-state index contributed by atoms with van der Waals surface area (Å²) in [4.78, 5) is 25.9. The molecule has 0 aromatic heterocycles. The Hall–Kier alpha value is -1.49. The molecule has 0 aliphatic carbocycles. The number of para-hydroxylation sites is 1. The van der Waals surface area contributed by atoms with Crippen LogP contribution in [0.1, 0.15) is 31.2 Å². The molecule has 2 unspecified atom stereocenters. The number of anilines is 1. The van der Waals surface area contributed by atoms with Crippen molar-refractivity contribution >= 4 is 29.3 Å². The molecule has 1 aromatic carbocycles. The fourth-order valence-corrected chi connectivity index (χ4v) is 4.31. The summed E-state index contributed by atoms with van der Waals surface area (Å²) >= 11 is 1.69. The van der Waals surface area contributed by atoms with E-state index in [2.05, 4.69) is 0 Å². The topological polar surface area (TPSA) is 57.6 Å². The first-order chi connectivity index (χ1) is 9.53. The third kappa shape index (κ3) is 2.00. The molecule has 0 bridgehead atoms. The zero-order chi connectivity index (χ0) is 14.3. The van der Waals surface area contributed by atoms with E-state index in [-0.39, 0.29) is 12.5 Å². The van der Waals surface area contributed by atoms with Crippen LogP contribution in [-0.4, -0.2) is 34.0 Å². The SMILES string of the molecule is CC1(C(=O)N2CC(C(=O)O)c3ccccc32)CCCS1. The molecule has 1 aromatic rings. The van der Waals surface area contributed by atoms with Crippen molar-refractivity contribution in [2.45, 2.75) is 30.4 Å². The highest BCUT2D eigenvalue weighted by molar-refractivity contribution is 8.01. The molecule has 1 amide bonds. The number of nitrogens with zero attached hydrogens (tertiary/aromatic N) is 1. The molecule has 5 heteroatoms. The summed E-state index contributed by atoms with van der Waals surface area (Å²) in [5.74, 6) is -0.418. The van der Waals surface area contributed by atoms with Crippen LogP contribution in [0.15, 0.2) is 24.3 Å². The highest BCUT2D eigenvalue weighted by Crippen LogP contribution is 2.43. The average molecular weight is 291 g/mol. The maximum atomic E-state index is 12.8. The fourth-order valence-electron chi connectivity index (χ4n) is 3.04. The Kier molecular flexibility index (Phi) is 3.24. The maximum Gasteiger partial charge on any atom is 0.312 e. The second-order valence-electron chi connectivity index (χ2n) is 5.55. The van der Waals surface area contributed by atoms with Gasteiger partial charge in [0.05, 0.1) is 4.75 Å². The Morgan fingerprint density at radius 3 is 2.80 bits per heavy atom. The molecule has 1 saturated heterocycles. The van der Waals surface area contributed by atoms with Gasteiger partial charge < -0.3 is 10.0 Å². The lowest BCUT2D eigenvalue weighted by atomic mass is 10.0. The lowest BCUT2D eigenvalue weighted by molar-refractivity contribution is -0.138. The Morgan fingerprint density at radius 2 is 2.15 bits per heavy atom. The second-order valence-corrected chi connectivity index (χ2v) is 7.15. The van der Waals surface area contributed by atoms with Gasteiger partial charge in [-0.1, -0.05) is 18.2 Å². The minimum atomic E-state index is -0.864. The Labute approximate surface area is 122 Å². The van der Waals surface area contributed by atoms with Crippen LogP contribution in [0.5, 0.6) is 0 Å². The van der Waals surface area contributed by atoms with Crippen molar-refractivity contribution in [3.63, 3.8) is 0 Å². The number of hydrogen-bond donors (Lipinski definition) is 1. The zero-order valence-corrected chi connectivity index (χ0v) is 12.2. The summed E-state index contributed by atoms with van der Waals surface area (Å²) in [6.07, 6.45) is 1.91. The third-order valence-corrected chi connectivity index (χ3v) is 5.69. The number of carboxylic acid groups (broad SMARTS) is 1. The van der Waals surface area contributed by atoms with Gasteiger partial charge in [0.25, 0.3) is 0 Å². The van der Waals surface area contributed by atoms with E-state index >= 15 is 0 Å². The van der Waals surface area contributed by atoms with Gasteiger partial charge in [0.1, 0.15) is 5.92 Å². The smallest absolute Gasteiger partial charge is 0.312 e. The van der Waals surface area contributed by atoms with Crippen LogP contribution in [-0.2, 0) is 9.59 Å². The van der Waals surface area contributed by atoms with Gasteiger partial charge in [0.2, 0.25) is 5.91 Å².